The Hall–Kier alpha value is -1.49. The van der Waals surface area contributed by atoms with Crippen LogP contribution in [0.15, 0.2) is 24.3 Å². The maximum absolute atomic E-state index is 12.3. The minimum atomic E-state index is 0.127. The van der Waals surface area contributed by atoms with Crippen molar-refractivity contribution in [3.05, 3.63) is 24.3 Å². The molecule has 2 saturated heterocycles. The highest BCUT2D eigenvalue weighted by Gasteiger charge is 2.31. The van der Waals surface area contributed by atoms with Gasteiger partial charge in [0.15, 0.2) is 5.12 Å². The van der Waals surface area contributed by atoms with Crippen LogP contribution >= 0.6 is 11.8 Å². The third kappa shape index (κ3) is 3.46. The van der Waals surface area contributed by atoms with E-state index in [-0.39, 0.29) is 16.9 Å². The summed E-state index contributed by atoms with van der Waals surface area (Å²) in [6.45, 7) is 4.52. The Labute approximate surface area is 135 Å². The number of rotatable bonds is 4. The highest BCUT2D eigenvalue weighted by Crippen LogP contribution is 2.30. The van der Waals surface area contributed by atoms with Gasteiger partial charge in [0.2, 0.25) is 5.91 Å². The van der Waals surface area contributed by atoms with Crippen LogP contribution in [0.25, 0.3) is 0 Å². The normalized spacial score (nSPS) is 21.7. The van der Waals surface area contributed by atoms with Crippen LogP contribution in [0.4, 0.5) is 11.4 Å². The Balaban J connectivity index is 1.69. The van der Waals surface area contributed by atoms with Crippen molar-refractivity contribution < 1.29 is 9.59 Å². The van der Waals surface area contributed by atoms with Crippen molar-refractivity contribution in [3.63, 3.8) is 0 Å². The van der Waals surface area contributed by atoms with Crippen molar-refractivity contribution in [1.29, 1.82) is 0 Å². The quantitative estimate of drug-likeness (QED) is 0.856. The van der Waals surface area contributed by atoms with E-state index in [1.54, 1.807) is 6.92 Å². The van der Waals surface area contributed by atoms with E-state index in [4.69, 9.17) is 0 Å². The summed E-state index contributed by atoms with van der Waals surface area (Å²) in [5, 5.41) is 0.127. The van der Waals surface area contributed by atoms with Crippen LogP contribution in [-0.2, 0) is 9.59 Å². The van der Waals surface area contributed by atoms with Crippen molar-refractivity contribution in [3.8, 4) is 0 Å². The molecule has 0 spiro atoms. The Bertz CT molecular complexity index is 570. The predicted molar refractivity (Wildman–Crippen MR) is 91.5 cm³/mol. The lowest BCUT2D eigenvalue weighted by Gasteiger charge is -2.22. The molecule has 1 unspecified atom stereocenters. The number of hydrogen-bond acceptors (Lipinski definition) is 4. The van der Waals surface area contributed by atoms with E-state index < -0.39 is 0 Å². The smallest absolute Gasteiger partial charge is 0.227 e. The molecule has 0 bridgehead atoms. The molecular weight excluding hydrogens is 296 g/mol. The number of amides is 1. The number of carbonyl (C=O) groups is 2. The molecule has 0 aromatic heterocycles. The lowest BCUT2D eigenvalue weighted by Crippen LogP contribution is -2.25. The molecule has 2 fully saturated rings. The summed E-state index contributed by atoms with van der Waals surface area (Å²) in [4.78, 5) is 27.6. The standard InChI is InChI=1S/C17H22N2O2S/c1-13(20)22-12-14-9-17(21)19(11-14)16-6-4-5-15(10-16)18-7-2-3-8-18/h4-6,10,14H,2-3,7-9,11-12H2,1H3. The second kappa shape index (κ2) is 6.73. The monoisotopic (exact) mass is 318 g/mol. The molecule has 0 saturated carbocycles. The van der Waals surface area contributed by atoms with Gasteiger partial charge in [-0.2, -0.15) is 0 Å². The first-order valence-electron chi connectivity index (χ1n) is 7.92. The third-order valence-electron chi connectivity index (χ3n) is 4.34. The van der Waals surface area contributed by atoms with E-state index >= 15 is 0 Å². The molecule has 2 heterocycles. The fourth-order valence-corrected chi connectivity index (χ4v) is 3.90. The molecule has 1 atom stereocenters. The number of carbonyl (C=O) groups excluding carboxylic acids is 2. The summed E-state index contributed by atoms with van der Waals surface area (Å²) >= 11 is 1.33. The summed E-state index contributed by atoms with van der Waals surface area (Å²) in [5.74, 6) is 1.19. The minimum absolute atomic E-state index is 0.127. The van der Waals surface area contributed by atoms with Gasteiger partial charge in [0.25, 0.3) is 0 Å². The van der Waals surface area contributed by atoms with Crippen LogP contribution < -0.4 is 9.80 Å². The zero-order valence-corrected chi connectivity index (χ0v) is 13.8. The lowest BCUT2D eigenvalue weighted by molar-refractivity contribution is -0.117. The van der Waals surface area contributed by atoms with Crippen LogP contribution in [-0.4, -0.2) is 36.4 Å². The van der Waals surface area contributed by atoms with E-state index in [2.05, 4.69) is 17.0 Å². The third-order valence-corrected chi connectivity index (χ3v) is 5.38. The summed E-state index contributed by atoms with van der Waals surface area (Å²) < 4.78 is 0. The first kappa shape index (κ1) is 15.4. The van der Waals surface area contributed by atoms with E-state index in [1.807, 2.05) is 17.0 Å². The van der Waals surface area contributed by atoms with Crippen LogP contribution in [0, 0.1) is 5.92 Å². The van der Waals surface area contributed by atoms with Gasteiger partial charge >= 0.3 is 0 Å². The molecule has 5 heteroatoms. The Morgan fingerprint density at radius 3 is 2.73 bits per heavy atom. The average molecular weight is 318 g/mol. The zero-order chi connectivity index (χ0) is 15.5. The number of thioether (sulfide) groups is 1. The summed E-state index contributed by atoms with van der Waals surface area (Å²) in [6, 6.07) is 8.30. The van der Waals surface area contributed by atoms with Gasteiger partial charge in [-0.25, -0.2) is 0 Å². The maximum Gasteiger partial charge on any atom is 0.227 e. The summed E-state index contributed by atoms with van der Waals surface area (Å²) in [6.07, 6.45) is 3.04. The molecule has 118 valence electrons. The van der Waals surface area contributed by atoms with E-state index in [1.165, 1.54) is 30.3 Å². The number of benzene rings is 1. The Kier molecular flexibility index (Phi) is 4.71. The fourth-order valence-electron chi connectivity index (χ4n) is 3.21. The van der Waals surface area contributed by atoms with E-state index in [9.17, 15) is 9.59 Å². The first-order chi connectivity index (χ1) is 10.6. The lowest BCUT2D eigenvalue weighted by atomic mass is 10.1. The molecule has 1 aromatic carbocycles. The molecular formula is C17H22N2O2S. The highest BCUT2D eigenvalue weighted by molar-refractivity contribution is 8.13. The van der Waals surface area contributed by atoms with Crippen LogP contribution in [0.5, 0.6) is 0 Å². The number of anilines is 2. The van der Waals surface area contributed by atoms with Crippen molar-refractivity contribution in [1.82, 2.24) is 0 Å². The van der Waals surface area contributed by atoms with Crippen LogP contribution in [0.1, 0.15) is 26.2 Å². The summed E-state index contributed by atoms with van der Waals surface area (Å²) in [7, 11) is 0. The van der Waals surface area contributed by atoms with Gasteiger partial charge in [0.1, 0.15) is 0 Å². The van der Waals surface area contributed by atoms with Crippen molar-refractivity contribution in [2.24, 2.45) is 5.92 Å². The molecule has 3 rings (SSSR count). The van der Waals surface area contributed by atoms with Crippen molar-refractivity contribution in [2.45, 2.75) is 26.2 Å². The van der Waals surface area contributed by atoms with E-state index in [0.29, 0.717) is 6.42 Å². The number of nitrogens with zero attached hydrogens (tertiary/aromatic N) is 2. The molecule has 1 amide bonds. The second-order valence-electron chi connectivity index (χ2n) is 6.09. The van der Waals surface area contributed by atoms with Gasteiger partial charge in [-0.1, -0.05) is 17.8 Å². The van der Waals surface area contributed by atoms with Crippen molar-refractivity contribution >= 4 is 34.2 Å². The molecule has 1 aromatic rings. The SMILES string of the molecule is CC(=O)SCC1CC(=O)N(c2cccc(N3CCCC3)c2)C1. The highest BCUT2D eigenvalue weighted by atomic mass is 32.2. The Morgan fingerprint density at radius 1 is 1.27 bits per heavy atom. The maximum atomic E-state index is 12.3. The van der Waals surface area contributed by atoms with Gasteiger partial charge in [0, 0.05) is 50.1 Å². The van der Waals surface area contributed by atoms with E-state index in [0.717, 1.165) is 31.1 Å². The molecule has 22 heavy (non-hydrogen) atoms. The van der Waals surface area contributed by atoms with Crippen molar-refractivity contribution in [2.75, 3.05) is 35.2 Å². The topological polar surface area (TPSA) is 40.6 Å². The average Bonchev–Trinajstić information content (AvgIpc) is 3.15. The second-order valence-corrected chi connectivity index (χ2v) is 7.29. The van der Waals surface area contributed by atoms with Crippen LogP contribution in [0.2, 0.25) is 0 Å². The first-order valence-corrected chi connectivity index (χ1v) is 8.91. The van der Waals surface area contributed by atoms with Crippen LogP contribution in [0.3, 0.4) is 0 Å². The fraction of sp³-hybridized carbons (Fsp3) is 0.529. The van der Waals surface area contributed by atoms with Gasteiger partial charge in [0.05, 0.1) is 0 Å². The number of hydrogen-bond donors (Lipinski definition) is 0. The van der Waals surface area contributed by atoms with Gasteiger partial charge in [-0.3, -0.25) is 9.59 Å². The van der Waals surface area contributed by atoms with Gasteiger partial charge in [-0.05, 0) is 37.0 Å². The van der Waals surface area contributed by atoms with Gasteiger partial charge < -0.3 is 9.80 Å². The largest absolute Gasteiger partial charge is 0.371 e. The summed E-state index contributed by atoms with van der Waals surface area (Å²) in [5.41, 5.74) is 2.20. The molecule has 0 radical (unpaired) electrons. The Morgan fingerprint density at radius 2 is 2.00 bits per heavy atom. The minimum Gasteiger partial charge on any atom is -0.371 e. The molecule has 0 aliphatic carbocycles. The molecule has 4 nitrogen and oxygen atoms in total. The zero-order valence-electron chi connectivity index (χ0n) is 13.0. The molecule has 0 N–H and O–H groups in total. The van der Waals surface area contributed by atoms with Gasteiger partial charge in [-0.15, -0.1) is 0 Å². The molecule has 2 aliphatic rings. The molecule has 2 aliphatic heterocycles. The predicted octanol–water partition coefficient (Wildman–Crippen LogP) is 2.92.